The Morgan fingerprint density at radius 3 is 2.35 bits per heavy atom. The summed E-state index contributed by atoms with van der Waals surface area (Å²) in [5.41, 5.74) is 0.0429. The Morgan fingerprint density at radius 2 is 1.88 bits per heavy atom. The molecule has 1 aromatic rings. The van der Waals surface area contributed by atoms with Crippen LogP contribution in [-0.2, 0) is 5.60 Å². The Balaban J connectivity index is 2.52. The monoisotopic (exact) mass is 238 g/mol. The third-order valence-corrected chi connectivity index (χ3v) is 3.01. The SMILES string of the molecule is CCOc1c(C2(O)CC2)ccc(OC)c1OC. The molecule has 0 amide bonds. The van der Waals surface area contributed by atoms with Crippen LogP contribution < -0.4 is 14.2 Å². The summed E-state index contributed by atoms with van der Waals surface area (Å²) in [5, 5.41) is 10.2. The van der Waals surface area contributed by atoms with Gasteiger partial charge in [0, 0.05) is 5.56 Å². The third-order valence-electron chi connectivity index (χ3n) is 3.01. The minimum Gasteiger partial charge on any atom is -0.493 e. The van der Waals surface area contributed by atoms with Gasteiger partial charge in [0.2, 0.25) is 5.75 Å². The highest BCUT2D eigenvalue weighted by atomic mass is 16.5. The topological polar surface area (TPSA) is 47.9 Å². The maximum atomic E-state index is 10.2. The summed E-state index contributed by atoms with van der Waals surface area (Å²) in [6.45, 7) is 2.42. The molecule has 1 N–H and O–H groups in total. The van der Waals surface area contributed by atoms with Crippen LogP contribution in [0.15, 0.2) is 12.1 Å². The maximum Gasteiger partial charge on any atom is 0.203 e. The van der Waals surface area contributed by atoms with E-state index in [0.717, 1.165) is 18.4 Å². The second kappa shape index (κ2) is 4.45. The molecule has 1 aromatic carbocycles. The molecule has 0 bridgehead atoms. The molecule has 0 heterocycles. The molecule has 1 aliphatic carbocycles. The number of aliphatic hydroxyl groups is 1. The number of methoxy groups -OCH3 is 2. The van der Waals surface area contributed by atoms with E-state index in [0.29, 0.717) is 23.9 Å². The number of hydrogen-bond donors (Lipinski definition) is 1. The molecule has 0 spiro atoms. The molecule has 0 atom stereocenters. The molecule has 94 valence electrons. The van der Waals surface area contributed by atoms with Crippen molar-refractivity contribution < 1.29 is 19.3 Å². The van der Waals surface area contributed by atoms with Gasteiger partial charge in [0.25, 0.3) is 0 Å². The highest BCUT2D eigenvalue weighted by Gasteiger charge is 2.45. The first-order valence-corrected chi connectivity index (χ1v) is 5.77. The number of ether oxygens (including phenoxy) is 3. The van der Waals surface area contributed by atoms with E-state index in [2.05, 4.69) is 0 Å². The van der Waals surface area contributed by atoms with Gasteiger partial charge in [-0.1, -0.05) is 0 Å². The van der Waals surface area contributed by atoms with Crippen LogP contribution in [0, 0.1) is 0 Å². The Labute approximate surface area is 101 Å². The lowest BCUT2D eigenvalue weighted by molar-refractivity contribution is 0.144. The van der Waals surface area contributed by atoms with E-state index in [1.54, 1.807) is 20.3 Å². The molecular weight excluding hydrogens is 220 g/mol. The summed E-state index contributed by atoms with van der Waals surface area (Å²) in [6.07, 6.45) is 1.53. The Kier molecular flexibility index (Phi) is 3.15. The van der Waals surface area contributed by atoms with E-state index < -0.39 is 5.60 Å². The molecule has 0 radical (unpaired) electrons. The van der Waals surface area contributed by atoms with Crippen LogP contribution in [0.1, 0.15) is 25.3 Å². The lowest BCUT2D eigenvalue weighted by Crippen LogP contribution is -2.09. The second-order valence-electron chi connectivity index (χ2n) is 4.14. The summed E-state index contributed by atoms with van der Waals surface area (Å²) in [4.78, 5) is 0. The van der Waals surface area contributed by atoms with Crippen molar-refractivity contribution in [1.82, 2.24) is 0 Å². The highest BCUT2D eigenvalue weighted by molar-refractivity contribution is 5.58. The van der Waals surface area contributed by atoms with Crippen molar-refractivity contribution in [3.63, 3.8) is 0 Å². The summed E-state index contributed by atoms with van der Waals surface area (Å²) >= 11 is 0. The lowest BCUT2D eigenvalue weighted by Gasteiger charge is -2.19. The summed E-state index contributed by atoms with van der Waals surface area (Å²) in [6, 6.07) is 3.65. The zero-order valence-electron chi connectivity index (χ0n) is 10.4. The van der Waals surface area contributed by atoms with Crippen molar-refractivity contribution in [2.24, 2.45) is 0 Å². The van der Waals surface area contributed by atoms with E-state index >= 15 is 0 Å². The lowest BCUT2D eigenvalue weighted by atomic mass is 10.1. The molecule has 0 aromatic heterocycles. The zero-order valence-corrected chi connectivity index (χ0v) is 10.4. The average molecular weight is 238 g/mol. The predicted molar refractivity (Wildman–Crippen MR) is 63.8 cm³/mol. The molecule has 4 nitrogen and oxygen atoms in total. The fourth-order valence-corrected chi connectivity index (χ4v) is 1.94. The first kappa shape index (κ1) is 12.0. The Bertz CT molecular complexity index is 410. The molecule has 0 unspecified atom stereocenters. The Hall–Kier alpha value is -1.42. The maximum absolute atomic E-state index is 10.2. The van der Waals surface area contributed by atoms with Crippen LogP contribution in [-0.4, -0.2) is 25.9 Å². The van der Waals surface area contributed by atoms with Crippen LogP contribution in [0.5, 0.6) is 17.2 Å². The van der Waals surface area contributed by atoms with E-state index in [-0.39, 0.29) is 0 Å². The first-order chi connectivity index (χ1) is 8.16. The number of hydrogen-bond acceptors (Lipinski definition) is 4. The van der Waals surface area contributed by atoms with E-state index in [4.69, 9.17) is 14.2 Å². The minimum atomic E-state index is -0.746. The van der Waals surface area contributed by atoms with Crippen molar-refractivity contribution in [2.45, 2.75) is 25.4 Å². The molecule has 1 aliphatic rings. The third kappa shape index (κ3) is 2.05. The van der Waals surface area contributed by atoms with Crippen LogP contribution in [0.25, 0.3) is 0 Å². The van der Waals surface area contributed by atoms with Gasteiger partial charge in [-0.25, -0.2) is 0 Å². The fraction of sp³-hybridized carbons (Fsp3) is 0.538. The smallest absolute Gasteiger partial charge is 0.203 e. The van der Waals surface area contributed by atoms with Crippen molar-refractivity contribution >= 4 is 0 Å². The van der Waals surface area contributed by atoms with Crippen LogP contribution in [0.4, 0.5) is 0 Å². The molecule has 4 heteroatoms. The van der Waals surface area contributed by atoms with E-state index in [1.165, 1.54) is 0 Å². The van der Waals surface area contributed by atoms with Gasteiger partial charge in [-0.05, 0) is 31.9 Å². The van der Waals surface area contributed by atoms with Crippen molar-refractivity contribution in [3.8, 4) is 17.2 Å². The Morgan fingerprint density at radius 1 is 1.18 bits per heavy atom. The van der Waals surface area contributed by atoms with Gasteiger partial charge in [0.15, 0.2) is 11.5 Å². The largest absolute Gasteiger partial charge is 0.493 e. The second-order valence-corrected chi connectivity index (χ2v) is 4.14. The standard InChI is InChI=1S/C13H18O4/c1-4-17-11-9(13(14)7-8-13)5-6-10(15-2)12(11)16-3/h5-6,14H,4,7-8H2,1-3H3. The molecule has 1 fully saturated rings. The number of benzene rings is 1. The predicted octanol–water partition coefficient (Wildman–Crippen LogP) is 2.08. The van der Waals surface area contributed by atoms with Gasteiger partial charge >= 0.3 is 0 Å². The van der Waals surface area contributed by atoms with Crippen molar-refractivity contribution in [3.05, 3.63) is 17.7 Å². The van der Waals surface area contributed by atoms with Gasteiger partial charge in [-0.3, -0.25) is 0 Å². The van der Waals surface area contributed by atoms with Crippen molar-refractivity contribution in [1.29, 1.82) is 0 Å². The molecule has 0 aliphatic heterocycles. The van der Waals surface area contributed by atoms with Crippen LogP contribution in [0.2, 0.25) is 0 Å². The summed E-state index contributed by atoms with van der Waals surface area (Å²) in [5.74, 6) is 1.76. The van der Waals surface area contributed by atoms with Gasteiger partial charge in [0.1, 0.15) is 0 Å². The van der Waals surface area contributed by atoms with Gasteiger partial charge < -0.3 is 19.3 Å². The average Bonchev–Trinajstić information content (AvgIpc) is 3.08. The summed E-state index contributed by atoms with van der Waals surface area (Å²) in [7, 11) is 3.15. The molecule has 1 saturated carbocycles. The number of rotatable bonds is 5. The minimum absolute atomic E-state index is 0.520. The van der Waals surface area contributed by atoms with Gasteiger partial charge in [0.05, 0.1) is 26.4 Å². The summed E-state index contributed by atoms with van der Waals surface area (Å²) < 4.78 is 16.2. The van der Waals surface area contributed by atoms with Crippen LogP contribution in [0.3, 0.4) is 0 Å². The fourth-order valence-electron chi connectivity index (χ4n) is 1.94. The quantitative estimate of drug-likeness (QED) is 0.853. The molecular formula is C13H18O4. The first-order valence-electron chi connectivity index (χ1n) is 5.77. The van der Waals surface area contributed by atoms with E-state index in [1.807, 2.05) is 13.0 Å². The van der Waals surface area contributed by atoms with Gasteiger partial charge in [-0.15, -0.1) is 0 Å². The van der Waals surface area contributed by atoms with Crippen LogP contribution >= 0.6 is 0 Å². The van der Waals surface area contributed by atoms with E-state index in [9.17, 15) is 5.11 Å². The zero-order chi connectivity index (χ0) is 12.5. The van der Waals surface area contributed by atoms with Gasteiger partial charge in [-0.2, -0.15) is 0 Å². The molecule has 2 rings (SSSR count). The molecule has 0 saturated heterocycles. The normalized spacial score (nSPS) is 16.5. The highest BCUT2D eigenvalue weighted by Crippen LogP contribution is 2.53. The molecule has 17 heavy (non-hydrogen) atoms. The van der Waals surface area contributed by atoms with Crippen molar-refractivity contribution in [2.75, 3.05) is 20.8 Å².